The van der Waals surface area contributed by atoms with E-state index in [1.165, 1.54) is 0 Å². The zero-order valence-corrected chi connectivity index (χ0v) is 12.0. The van der Waals surface area contributed by atoms with Gasteiger partial charge in [0.05, 0.1) is 0 Å². The van der Waals surface area contributed by atoms with E-state index in [1.54, 1.807) is 11.8 Å². The van der Waals surface area contributed by atoms with E-state index < -0.39 is 0 Å². The highest BCUT2D eigenvalue weighted by Gasteiger charge is 2.09. The van der Waals surface area contributed by atoms with E-state index in [0.717, 1.165) is 42.7 Å². The molecule has 1 aromatic heterocycles. The van der Waals surface area contributed by atoms with Crippen molar-refractivity contribution >= 4 is 23.4 Å². The molecule has 0 spiro atoms. The van der Waals surface area contributed by atoms with Gasteiger partial charge < -0.3 is 10.2 Å². The van der Waals surface area contributed by atoms with Crippen molar-refractivity contribution in [3.8, 4) is 0 Å². The number of anilines is 2. The standard InChI is InChI=1S/C12H22N4S/c1-5-7-16(8-6-2)11-9-10(13-3)14-12(15-11)17-4/h9H,5-8H2,1-4H3,(H,13,14,15). The first-order valence-electron chi connectivity index (χ1n) is 6.10. The second kappa shape index (κ2) is 7.37. The van der Waals surface area contributed by atoms with E-state index in [2.05, 4.69) is 34.0 Å². The van der Waals surface area contributed by atoms with Crippen molar-refractivity contribution in [2.75, 3.05) is 36.6 Å². The van der Waals surface area contributed by atoms with Gasteiger partial charge in [0, 0.05) is 26.2 Å². The van der Waals surface area contributed by atoms with Gasteiger partial charge in [-0.3, -0.25) is 0 Å². The number of nitrogens with zero attached hydrogens (tertiary/aromatic N) is 3. The van der Waals surface area contributed by atoms with E-state index in [4.69, 9.17) is 0 Å². The molecule has 0 fully saturated rings. The smallest absolute Gasteiger partial charge is 0.191 e. The monoisotopic (exact) mass is 254 g/mol. The molecule has 0 saturated heterocycles. The molecule has 1 aromatic rings. The summed E-state index contributed by atoms with van der Waals surface area (Å²) in [6, 6.07) is 2.02. The summed E-state index contributed by atoms with van der Waals surface area (Å²) in [5.74, 6) is 1.91. The number of hydrogen-bond donors (Lipinski definition) is 1. The molecule has 96 valence electrons. The summed E-state index contributed by atoms with van der Waals surface area (Å²) in [4.78, 5) is 11.3. The van der Waals surface area contributed by atoms with Crippen LogP contribution in [0.25, 0.3) is 0 Å². The van der Waals surface area contributed by atoms with Crippen molar-refractivity contribution in [3.05, 3.63) is 6.07 Å². The van der Waals surface area contributed by atoms with Gasteiger partial charge in [0.25, 0.3) is 0 Å². The van der Waals surface area contributed by atoms with E-state index in [9.17, 15) is 0 Å². The number of aromatic nitrogens is 2. The van der Waals surface area contributed by atoms with Gasteiger partial charge in [-0.15, -0.1) is 0 Å². The van der Waals surface area contributed by atoms with Gasteiger partial charge in [0.1, 0.15) is 11.6 Å². The summed E-state index contributed by atoms with van der Waals surface area (Å²) >= 11 is 1.58. The number of nitrogens with one attached hydrogen (secondary N) is 1. The predicted molar refractivity (Wildman–Crippen MR) is 76.2 cm³/mol. The molecule has 1 heterocycles. The quantitative estimate of drug-likeness (QED) is 0.598. The van der Waals surface area contributed by atoms with Crippen molar-refractivity contribution in [2.45, 2.75) is 31.8 Å². The molecular weight excluding hydrogens is 232 g/mol. The Balaban J connectivity index is 2.99. The second-order valence-corrected chi connectivity index (χ2v) is 4.61. The van der Waals surface area contributed by atoms with Crippen molar-refractivity contribution in [2.24, 2.45) is 0 Å². The minimum atomic E-state index is 0.823. The summed E-state index contributed by atoms with van der Waals surface area (Å²) in [6.07, 6.45) is 4.27. The molecule has 0 aliphatic heterocycles. The fourth-order valence-electron chi connectivity index (χ4n) is 1.67. The molecule has 0 aliphatic carbocycles. The molecule has 4 nitrogen and oxygen atoms in total. The fourth-order valence-corrected chi connectivity index (χ4v) is 2.05. The van der Waals surface area contributed by atoms with E-state index in [1.807, 2.05) is 19.4 Å². The topological polar surface area (TPSA) is 41.0 Å². The molecule has 0 amide bonds. The van der Waals surface area contributed by atoms with E-state index >= 15 is 0 Å². The minimum Gasteiger partial charge on any atom is -0.373 e. The van der Waals surface area contributed by atoms with Gasteiger partial charge in [0.2, 0.25) is 0 Å². The zero-order valence-electron chi connectivity index (χ0n) is 11.2. The summed E-state index contributed by atoms with van der Waals surface area (Å²) in [7, 11) is 1.89. The second-order valence-electron chi connectivity index (χ2n) is 3.84. The largest absolute Gasteiger partial charge is 0.373 e. The van der Waals surface area contributed by atoms with Crippen LogP contribution in [-0.2, 0) is 0 Å². The molecule has 17 heavy (non-hydrogen) atoms. The van der Waals surface area contributed by atoms with Gasteiger partial charge in [0.15, 0.2) is 5.16 Å². The first-order valence-corrected chi connectivity index (χ1v) is 7.33. The van der Waals surface area contributed by atoms with Crippen molar-refractivity contribution in [1.29, 1.82) is 0 Å². The van der Waals surface area contributed by atoms with Gasteiger partial charge >= 0.3 is 0 Å². The number of hydrogen-bond acceptors (Lipinski definition) is 5. The van der Waals surface area contributed by atoms with Gasteiger partial charge in [-0.05, 0) is 19.1 Å². The molecule has 0 aromatic carbocycles. The van der Waals surface area contributed by atoms with Crippen LogP contribution in [0.2, 0.25) is 0 Å². The molecule has 0 atom stereocenters. The Kier molecular flexibility index (Phi) is 6.11. The number of rotatable bonds is 7. The Morgan fingerprint density at radius 3 is 2.35 bits per heavy atom. The number of thioether (sulfide) groups is 1. The average Bonchev–Trinajstić information content (AvgIpc) is 2.37. The van der Waals surface area contributed by atoms with E-state index in [-0.39, 0.29) is 0 Å². The third-order valence-electron chi connectivity index (χ3n) is 2.44. The maximum absolute atomic E-state index is 4.58. The highest BCUT2D eigenvalue weighted by molar-refractivity contribution is 7.98. The van der Waals surface area contributed by atoms with Crippen molar-refractivity contribution < 1.29 is 0 Å². The lowest BCUT2D eigenvalue weighted by Crippen LogP contribution is -2.26. The molecule has 0 saturated carbocycles. The van der Waals surface area contributed by atoms with Gasteiger partial charge in [-0.25, -0.2) is 9.97 Å². The molecule has 0 bridgehead atoms. The lowest BCUT2D eigenvalue weighted by molar-refractivity contribution is 0.725. The Morgan fingerprint density at radius 1 is 1.24 bits per heavy atom. The average molecular weight is 254 g/mol. The molecule has 1 rings (SSSR count). The lowest BCUT2D eigenvalue weighted by Gasteiger charge is -2.23. The van der Waals surface area contributed by atoms with Crippen LogP contribution in [0.5, 0.6) is 0 Å². The third-order valence-corrected chi connectivity index (χ3v) is 2.99. The van der Waals surface area contributed by atoms with Crippen LogP contribution < -0.4 is 10.2 Å². The fraction of sp³-hybridized carbons (Fsp3) is 0.667. The zero-order chi connectivity index (χ0) is 12.7. The van der Waals surface area contributed by atoms with Crippen molar-refractivity contribution in [3.63, 3.8) is 0 Å². The molecule has 0 aliphatic rings. The minimum absolute atomic E-state index is 0.823. The molecule has 1 N–H and O–H groups in total. The lowest BCUT2D eigenvalue weighted by atomic mass is 10.3. The molecular formula is C12H22N4S. The van der Waals surface area contributed by atoms with Crippen LogP contribution >= 0.6 is 11.8 Å². The highest BCUT2D eigenvalue weighted by Crippen LogP contribution is 2.20. The molecule has 5 heteroatoms. The Bertz CT molecular complexity index is 315. The maximum Gasteiger partial charge on any atom is 0.191 e. The third kappa shape index (κ3) is 4.07. The van der Waals surface area contributed by atoms with Crippen LogP contribution in [-0.4, -0.2) is 36.4 Å². The first-order chi connectivity index (χ1) is 8.24. The normalized spacial score (nSPS) is 10.4. The Hall–Kier alpha value is -0.970. The predicted octanol–water partition coefficient (Wildman–Crippen LogP) is 2.87. The Labute approximate surface area is 108 Å². The van der Waals surface area contributed by atoms with Gasteiger partial charge in [-0.1, -0.05) is 25.6 Å². The first kappa shape index (κ1) is 14.1. The van der Waals surface area contributed by atoms with Crippen LogP contribution in [0.15, 0.2) is 11.2 Å². The maximum atomic E-state index is 4.58. The van der Waals surface area contributed by atoms with Crippen LogP contribution in [0, 0.1) is 0 Å². The summed E-state index contributed by atoms with van der Waals surface area (Å²) in [6.45, 7) is 6.47. The summed E-state index contributed by atoms with van der Waals surface area (Å²) in [5, 5.41) is 3.91. The van der Waals surface area contributed by atoms with Crippen LogP contribution in [0.1, 0.15) is 26.7 Å². The SMILES string of the molecule is CCCN(CCC)c1cc(NC)nc(SC)n1. The van der Waals surface area contributed by atoms with Crippen LogP contribution in [0.4, 0.5) is 11.6 Å². The molecule has 0 unspecified atom stereocenters. The van der Waals surface area contributed by atoms with Gasteiger partial charge in [-0.2, -0.15) is 0 Å². The summed E-state index contributed by atoms with van der Waals surface area (Å²) in [5.41, 5.74) is 0. The Morgan fingerprint density at radius 2 is 1.88 bits per heavy atom. The highest BCUT2D eigenvalue weighted by atomic mass is 32.2. The van der Waals surface area contributed by atoms with E-state index in [0.29, 0.717) is 0 Å². The summed E-state index contributed by atoms with van der Waals surface area (Å²) < 4.78 is 0. The van der Waals surface area contributed by atoms with Crippen LogP contribution in [0.3, 0.4) is 0 Å². The molecule has 0 radical (unpaired) electrons. The van der Waals surface area contributed by atoms with Crippen molar-refractivity contribution in [1.82, 2.24) is 9.97 Å².